The Balaban J connectivity index is 2.24. The van der Waals surface area contributed by atoms with Gasteiger partial charge in [-0.1, -0.05) is 31.9 Å². The molecule has 0 bridgehead atoms. The summed E-state index contributed by atoms with van der Waals surface area (Å²) in [5, 5.41) is 3.66. The van der Waals surface area contributed by atoms with Gasteiger partial charge in [-0.05, 0) is 30.9 Å². The van der Waals surface area contributed by atoms with Gasteiger partial charge in [-0.2, -0.15) is 0 Å². The Morgan fingerprint density at radius 3 is 2.83 bits per heavy atom. The van der Waals surface area contributed by atoms with Crippen molar-refractivity contribution in [3.63, 3.8) is 0 Å². The van der Waals surface area contributed by atoms with Crippen molar-refractivity contribution >= 4 is 5.69 Å². The van der Waals surface area contributed by atoms with Crippen LogP contribution < -0.4 is 15.8 Å². The number of methoxy groups -OCH3 is 1. The number of para-hydroxylation sites is 2. The van der Waals surface area contributed by atoms with Crippen LogP contribution in [0.25, 0.3) is 0 Å². The minimum absolute atomic E-state index is 0.0207. The highest BCUT2D eigenvalue weighted by Crippen LogP contribution is 2.37. The Kier molecular flexibility index (Phi) is 4.12. The van der Waals surface area contributed by atoms with E-state index in [4.69, 9.17) is 10.5 Å². The lowest BCUT2D eigenvalue weighted by Crippen LogP contribution is -2.52. The molecule has 0 radical (unpaired) electrons. The summed E-state index contributed by atoms with van der Waals surface area (Å²) in [6.07, 6.45) is 4.96. The lowest BCUT2D eigenvalue weighted by atomic mass is 9.73. The molecule has 1 fully saturated rings. The van der Waals surface area contributed by atoms with Crippen molar-refractivity contribution in [3.8, 4) is 5.75 Å². The van der Waals surface area contributed by atoms with Crippen molar-refractivity contribution in [1.82, 2.24) is 0 Å². The smallest absolute Gasteiger partial charge is 0.141 e. The van der Waals surface area contributed by atoms with Crippen LogP contribution in [0.2, 0.25) is 0 Å². The molecule has 0 heterocycles. The average molecular weight is 248 g/mol. The number of ether oxygens (including phenoxy) is 1. The molecule has 2 rings (SSSR count). The summed E-state index contributed by atoms with van der Waals surface area (Å²) in [4.78, 5) is 0. The van der Waals surface area contributed by atoms with Crippen molar-refractivity contribution in [2.45, 2.75) is 38.1 Å². The number of nitrogens with two attached hydrogens (primary N) is 1. The van der Waals surface area contributed by atoms with E-state index in [1.165, 1.54) is 19.3 Å². The second kappa shape index (κ2) is 5.61. The summed E-state index contributed by atoms with van der Waals surface area (Å²) in [5.74, 6) is 1.49. The van der Waals surface area contributed by atoms with E-state index in [-0.39, 0.29) is 5.54 Å². The summed E-state index contributed by atoms with van der Waals surface area (Å²) in [5.41, 5.74) is 7.14. The number of hydrogen-bond acceptors (Lipinski definition) is 3. The van der Waals surface area contributed by atoms with Crippen molar-refractivity contribution < 1.29 is 4.74 Å². The van der Waals surface area contributed by atoms with Gasteiger partial charge < -0.3 is 15.8 Å². The molecule has 0 amide bonds. The quantitative estimate of drug-likeness (QED) is 0.861. The zero-order chi connectivity index (χ0) is 13.0. The maximum atomic E-state index is 6.06. The maximum Gasteiger partial charge on any atom is 0.141 e. The van der Waals surface area contributed by atoms with E-state index in [1.54, 1.807) is 7.11 Å². The number of anilines is 1. The fourth-order valence-corrected chi connectivity index (χ4v) is 2.97. The molecule has 1 aliphatic carbocycles. The van der Waals surface area contributed by atoms with E-state index in [1.807, 2.05) is 18.2 Å². The van der Waals surface area contributed by atoms with Crippen LogP contribution in [0.4, 0.5) is 5.69 Å². The second-order valence-corrected chi connectivity index (χ2v) is 5.33. The van der Waals surface area contributed by atoms with Gasteiger partial charge in [0, 0.05) is 6.54 Å². The van der Waals surface area contributed by atoms with Crippen molar-refractivity contribution in [1.29, 1.82) is 0 Å². The predicted octanol–water partition coefficient (Wildman–Crippen LogP) is 3.01. The lowest BCUT2D eigenvalue weighted by Gasteiger charge is -2.43. The third kappa shape index (κ3) is 2.46. The third-order valence-electron chi connectivity index (χ3n) is 4.31. The zero-order valence-corrected chi connectivity index (χ0v) is 11.4. The van der Waals surface area contributed by atoms with Crippen molar-refractivity contribution in [3.05, 3.63) is 24.3 Å². The normalized spacial score (nSPS) is 27.8. The highest BCUT2D eigenvalue weighted by Gasteiger charge is 2.37. The molecule has 0 saturated heterocycles. The first-order chi connectivity index (χ1) is 8.72. The van der Waals surface area contributed by atoms with Crippen LogP contribution in [0.1, 0.15) is 32.6 Å². The summed E-state index contributed by atoms with van der Waals surface area (Å²) >= 11 is 0. The van der Waals surface area contributed by atoms with E-state index >= 15 is 0 Å². The van der Waals surface area contributed by atoms with Gasteiger partial charge in [0.1, 0.15) is 5.75 Å². The van der Waals surface area contributed by atoms with E-state index < -0.39 is 0 Å². The SMILES string of the molecule is COc1ccccc1NC1(CN)CCCCC1C. The van der Waals surface area contributed by atoms with Gasteiger partial charge in [0.2, 0.25) is 0 Å². The van der Waals surface area contributed by atoms with E-state index in [2.05, 4.69) is 18.3 Å². The summed E-state index contributed by atoms with van der Waals surface area (Å²) in [6.45, 7) is 2.97. The molecule has 0 aromatic heterocycles. The van der Waals surface area contributed by atoms with Gasteiger partial charge in [-0.15, -0.1) is 0 Å². The molecular formula is C15H24N2O. The van der Waals surface area contributed by atoms with Gasteiger partial charge in [0.15, 0.2) is 0 Å². The van der Waals surface area contributed by atoms with Crippen LogP contribution in [-0.2, 0) is 0 Å². The van der Waals surface area contributed by atoms with Gasteiger partial charge in [-0.3, -0.25) is 0 Å². The van der Waals surface area contributed by atoms with Crippen LogP contribution in [0, 0.1) is 5.92 Å². The van der Waals surface area contributed by atoms with Gasteiger partial charge >= 0.3 is 0 Å². The summed E-state index contributed by atoms with van der Waals surface area (Å²) < 4.78 is 5.41. The molecule has 2 atom stereocenters. The molecule has 0 spiro atoms. The molecule has 2 unspecified atom stereocenters. The number of benzene rings is 1. The van der Waals surface area contributed by atoms with Crippen molar-refractivity contribution in [2.75, 3.05) is 19.0 Å². The fraction of sp³-hybridized carbons (Fsp3) is 0.600. The maximum absolute atomic E-state index is 6.06. The standard InChI is InChI=1S/C15H24N2O/c1-12-7-5-6-10-15(12,11-16)17-13-8-3-4-9-14(13)18-2/h3-4,8-9,12,17H,5-7,10-11,16H2,1-2H3. The summed E-state index contributed by atoms with van der Waals surface area (Å²) in [6, 6.07) is 8.07. The first-order valence-electron chi connectivity index (χ1n) is 6.83. The van der Waals surface area contributed by atoms with Crippen LogP contribution in [0.3, 0.4) is 0 Å². The number of hydrogen-bond donors (Lipinski definition) is 2. The molecule has 1 aromatic carbocycles. The Morgan fingerprint density at radius 1 is 1.39 bits per heavy atom. The minimum Gasteiger partial charge on any atom is -0.495 e. The molecule has 18 heavy (non-hydrogen) atoms. The Morgan fingerprint density at radius 2 is 2.17 bits per heavy atom. The number of rotatable bonds is 4. The molecule has 1 aromatic rings. The van der Waals surface area contributed by atoms with Crippen LogP contribution in [0.15, 0.2) is 24.3 Å². The van der Waals surface area contributed by atoms with E-state index in [0.717, 1.165) is 17.9 Å². The van der Waals surface area contributed by atoms with E-state index in [0.29, 0.717) is 12.5 Å². The highest BCUT2D eigenvalue weighted by molar-refractivity contribution is 5.58. The van der Waals surface area contributed by atoms with Gasteiger partial charge in [-0.25, -0.2) is 0 Å². The average Bonchev–Trinajstić information content (AvgIpc) is 2.42. The minimum atomic E-state index is 0.0207. The van der Waals surface area contributed by atoms with E-state index in [9.17, 15) is 0 Å². The second-order valence-electron chi connectivity index (χ2n) is 5.33. The highest BCUT2D eigenvalue weighted by atomic mass is 16.5. The molecule has 0 aliphatic heterocycles. The molecule has 3 heteroatoms. The molecule has 1 saturated carbocycles. The van der Waals surface area contributed by atoms with Crippen LogP contribution >= 0.6 is 0 Å². The summed E-state index contributed by atoms with van der Waals surface area (Å²) in [7, 11) is 1.71. The predicted molar refractivity (Wildman–Crippen MR) is 76.0 cm³/mol. The molecule has 3 N–H and O–H groups in total. The Hall–Kier alpha value is -1.22. The fourth-order valence-electron chi connectivity index (χ4n) is 2.97. The van der Waals surface area contributed by atoms with Crippen molar-refractivity contribution in [2.24, 2.45) is 11.7 Å². The Labute approximate surface area is 110 Å². The zero-order valence-electron chi connectivity index (χ0n) is 11.4. The van der Waals surface area contributed by atoms with Gasteiger partial charge in [0.25, 0.3) is 0 Å². The van der Waals surface area contributed by atoms with Crippen LogP contribution in [0.5, 0.6) is 5.75 Å². The largest absolute Gasteiger partial charge is 0.495 e. The molecule has 100 valence electrons. The number of nitrogens with one attached hydrogen (secondary N) is 1. The molecule has 1 aliphatic rings. The Bertz CT molecular complexity index is 394. The first kappa shape index (κ1) is 13.2. The molecule has 3 nitrogen and oxygen atoms in total. The lowest BCUT2D eigenvalue weighted by molar-refractivity contribution is 0.235. The van der Waals surface area contributed by atoms with Crippen LogP contribution in [-0.4, -0.2) is 19.2 Å². The van der Waals surface area contributed by atoms with Gasteiger partial charge in [0.05, 0.1) is 18.3 Å². The third-order valence-corrected chi connectivity index (χ3v) is 4.31. The first-order valence-corrected chi connectivity index (χ1v) is 6.83. The monoisotopic (exact) mass is 248 g/mol. The molecular weight excluding hydrogens is 224 g/mol. The topological polar surface area (TPSA) is 47.3 Å².